The van der Waals surface area contributed by atoms with Crippen LogP contribution in [0.2, 0.25) is 5.02 Å². The maximum absolute atomic E-state index is 12.2. The molecule has 0 heterocycles. The Hall–Kier alpha value is -1.72. The number of ether oxygens (including phenoxy) is 1. The van der Waals surface area contributed by atoms with Gasteiger partial charge in [-0.3, -0.25) is 4.79 Å². The third-order valence-electron chi connectivity index (χ3n) is 2.71. The van der Waals surface area contributed by atoms with Crippen molar-refractivity contribution in [1.29, 1.82) is 0 Å². The molecule has 0 spiro atoms. The monoisotopic (exact) mass is 354 g/mol. The van der Waals surface area contributed by atoms with Gasteiger partial charge in [-0.1, -0.05) is 17.7 Å². The lowest BCUT2D eigenvalue weighted by atomic mass is 10.1. The number of nitrogens with two attached hydrogens (primary N) is 1. The number of nitrogens with one attached hydrogen (secondary N) is 1. The molecule has 0 radical (unpaired) electrons. The van der Waals surface area contributed by atoms with Gasteiger partial charge >= 0.3 is 0 Å². The van der Waals surface area contributed by atoms with Crippen LogP contribution in [0, 0.1) is 0 Å². The molecule has 0 saturated carbocycles. The van der Waals surface area contributed by atoms with Gasteiger partial charge in [0, 0.05) is 9.50 Å². The van der Waals surface area contributed by atoms with E-state index in [1.807, 2.05) is 0 Å². The zero-order valence-corrected chi connectivity index (χ0v) is 13.0. The molecule has 4 nitrogen and oxygen atoms in total. The zero-order chi connectivity index (χ0) is 14.7. The summed E-state index contributed by atoms with van der Waals surface area (Å²) in [6.45, 7) is 0. The summed E-state index contributed by atoms with van der Waals surface area (Å²) in [4.78, 5) is 12.2. The number of anilines is 2. The van der Waals surface area contributed by atoms with Crippen LogP contribution in [0.3, 0.4) is 0 Å². The van der Waals surface area contributed by atoms with Crippen LogP contribution in [0.5, 0.6) is 5.75 Å². The van der Waals surface area contributed by atoms with Gasteiger partial charge in [0.2, 0.25) is 0 Å². The predicted molar refractivity (Wildman–Crippen MR) is 84.5 cm³/mol. The molecular formula is C14H12BrClN2O2. The number of amides is 1. The number of rotatable bonds is 3. The van der Waals surface area contributed by atoms with Gasteiger partial charge in [-0.05, 0) is 46.3 Å². The van der Waals surface area contributed by atoms with Crippen molar-refractivity contribution in [2.75, 3.05) is 18.2 Å². The van der Waals surface area contributed by atoms with Crippen molar-refractivity contribution < 1.29 is 9.53 Å². The van der Waals surface area contributed by atoms with Crippen molar-refractivity contribution in [2.45, 2.75) is 0 Å². The second kappa shape index (κ2) is 6.15. The number of benzene rings is 2. The Labute approximate surface area is 130 Å². The first-order chi connectivity index (χ1) is 9.52. The molecule has 20 heavy (non-hydrogen) atoms. The molecule has 2 rings (SSSR count). The SMILES string of the molecule is COc1cccc(C(=O)Nc2ccc(Cl)cc2Br)c1N. The molecule has 1 amide bonds. The highest BCUT2D eigenvalue weighted by molar-refractivity contribution is 9.10. The van der Waals surface area contributed by atoms with Crippen LogP contribution in [0.4, 0.5) is 11.4 Å². The normalized spacial score (nSPS) is 10.2. The third kappa shape index (κ3) is 3.05. The minimum absolute atomic E-state index is 0.303. The van der Waals surface area contributed by atoms with Crippen LogP contribution in [0.1, 0.15) is 10.4 Å². The molecule has 0 aromatic heterocycles. The highest BCUT2D eigenvalue weighted by Crippen LogP contribution is 2.28. The average Bonchev–Trinajstić information content (AvgIpc) is 2.42. The second-order valence-corrected chi connectivity index (χ2v) is 5.29. The number of hydrogen-bond donors (Lipinski definition) is 2. The maximum Gasteiger partial charge on any atom is 0.257 e. The molecule has 0 aliphatic carbocycles. The van der Waals surface area contributed by atoms with Gasteiger partial charge in [0.25, 0.3) is 5.91 Å². The van der Waals surface area contributed by atoms with Gasteiger partial charge < -0.3 is 15.8 Å². The summed E-state index contributed by atoms with van der Waals surface area (Å²) in [7, 11) is 1.50. The number of carbonyl (C=O) groups is 1. The average molecular weight is 356 g/mol. The first kappa shape index (κ1) is 14.7. The Morgan fingerprint density at radius 3 is 2.75 bits per heavy atom. The Morgan fingerprint density at radius 2 is 2.10 bits per heavy atom. The maximum atomic E-state index is 12.2. The molecule has 0 unspecified atom stereocenters. The topological polar surface area (TPSA) is 64.3 Å². The lowest BCUT2D eigenvalue weighted by Crippen LogP contribution is -2.14. The molecule has 3 N–H and O–H groups in total. The number of carbonyl (C=O) groups excluding carboxylic acids is 1. The van der Waals surface area contributed by atoms with Gasteiger partial charge in [0.1, 0.15) is 5.75 Å². The number of halogens is 2. The van der Waals surface area contributed by atoms with Gasteiger partial charge in [0.15, 0.2) is 0 Å². The molecule has 6 heteroatoms. The second-order valence-electron chi connectivity index (χ2n) is 4.00. The molecule has 0 fully saturated rings. The molecular weight excluding hydrogens is 344 g/mol. The summed E-state index contributed by atoms with van der Waals surface area (Å²) in [6, 6.07) is 10.1. The van der Waals surface area contributed by atoms with E-state index in [2.05, 4.69) is 21.2 Å². The van der Waals surface area contributed by atoms with Crippen LogP contribution >= 0.6 is 27.5 Å². The standard InChI is InChI=1S/C14H12BrClN2O2/c1-20-12-4-2-3-9(13(12)17)14(19)18-11-6-5-8(16)7-10(11)15/h2-7H,17H2,1H3,(H,18,19). The van der Waals surface area contributed by atoms with Crippen molar-refractivity contribution in [3.63, 3.8) is 0 Å². The van der Waals surface area contributed by atoms with Crippen molar-refractivity contribution in [1.82, 2.24) is 0 Å². The summed E-state index contributed by atoms with van der Waals surface area (Å²) in [5, 5.41) is 3.35. The molecule has 0 saturated heterocycles. The first-order valence-electron chi connectivity index (χ1n) is 5.72. The number of methoxy groups -OCH3 is 1. The summed E-state index contributed by atoms with van der Waals surface area (Å²) >= 11 is 9.20. The molecule has 104 valence electrons. The lowest BCUT2D eigenvalue weighted by Gasteiger charge is -2.11. The highest BCUT2D eigenvalue weighted by atomic mass is 79.9. The Bertz CT molecular complexity index is 662. The zero-order valence-electron chi connectivity index (χ0n) is 10.6. The molecule has 2 aromatic rings. The van der Waals surface area contributed by atoms with Crippen LogP contribution in [-0.4, -0.2) is 13.0 Å². The quantitative estimate of drug-likeness (QED) is 0.820. The largest absolute Gasteiger partial charge is 0.495 e. The van der Waals surface area contributed by atoms with E-state index in [1.54, 1.807) is 36.4 Å². The predicted octanol–water partition coefficient (Wildman–Crippen LogP) is 3.95. The van der Waals surface area contributed by atoms with E-state index >= 15 is 0 Å². The van der Waals surface area contributed by atoms with Crippen molar-refractivity contribution in [3.05, 3.63) is 51.5 Å². The van der Waals surface area contributed by atoms with E-state index in [4.69, 9.17) is 22.1 Å². The van der Waals surface area contributed by atoms with Crippen LogP contribution in [-0.2, 0) is 0 Å². The summed E-state index contributed by atoms with van der Waals surface area (Å²) in [6.07, 6.45) is 0. The first-order valence-corrected chi connectivity index (χ1v) is 6.89. The van der Waals surface area contributed by atoms with Gasteiger partial charge in [0.05, 0.1) is 24.0 Å². The van der Waals surface area contributed by atoms with Crippen molar-refractivity contribution >= 4 is 44.8 Å². The van der Waals surface area contributed by atoms with E-state index in [9.17, 15) is 4.79 Å². The molecule has 2 aromatic carbocycles. The molecule has 0 atom stereocenters. The number of hydrogen-bond acceptors (Lipinski definition) is 3. The Morgan fingerprint density at radius 1 is 1.35 bits per heavy atom. The highest BCUT2D eigenvalue weighted by Gasteiger charge is 2.14. The summed E-state index contributed by atoms with van der Waals surface area (Å²) < 4.78 is 5.79. The van der Waals surface area contributed by atoms with E-state index < -0.39 is 0 Å². The smallest absolute Gasteiger partial charge is 0.257 e. The summed E-state index contributed by atoms with van der Waals surface area (Å²) in [5.74, 6) is 0.150. The van der Waals surface area contributed by atoms with Crippen LogP contribution in [0.15, 0.2) is 40.9 Å². The minimum Gasteiger partial charge on any atom is -0.495 e. The van der Waals surface area contributed by atoms with Gasteiger partial charge in [-0.2, -0.15) is 0 Å². The molecule has 0 aliphatic rings. The van der Waals surface area contributed by atoms with Crippen LogP contribution < -0.4 is 15.8 Å². The fourth-order valence-corrected chi connectivity index (χ4v) is 2.48. The fourth-order valence-electron chi connectivity index (χ4n) is 1.70. The van der Waals surface area contributed by atoms with E-state index in [1.165, 1.54) is 7.11 Å². The van der Waals surface area contributed by atoms with Crippen molar-refractivity contribution in [3.8, 4) is 5.75 Å². The molecule has 0 bridgehead atoms. The van der Waals surface area contributed by atoms with Crippen LogP contribution in [0.25, 0.3) is 0 Å². The van der Waals surface area contributed by atoms with E-state index in [0.29, 0.717) is 32.2 Å². The third-order valence-corrected chi connectivity index (χ3v) is 3.60. The number of nitrogen functional groups attached to an aromatic ring is 1. The lowest BCUT2D eigenvalue weighted by molar-refractivity contribution is 0.102. The van der Waals surface area contributed by atoms with E-state index in [0.717, 1.165) is 0 Å². The Balaban J connectivity index is 2.28. The Kier molecular flexibility index (Phi) is 4.52. The molecule has 0 aliphatic heterocycles. The fraction of sp³-hybridized carbons (Fsp3) is 0.0714. The van der Waals surface area contributed by atoms with Gasteiger partial charge in [-0.25, -0.2) is 0 Å². The van der Waals surface area contributed by atoms with Crippen molar-refractivity contribution in [2.24, 2.45) is 0 Å². The summed E-state index contributed by atoms with van der Waals surface area (Å²) in [5.41, 5.74) is 7.16. The number of para-hydroxylation sites is 1. The van der Waals surface area contributed by atoms with Gasteiger partial charge in [-0.15, -0.1) is 0 Å². The minimum atomic E-state index is -0.315. The van der Waals surface area contributed by atoms with E-state index in [-0.39, 0.29) is 5.91 Å².